The maximum Gasteiger partial charge on any atom is 0.343 e. The molecule has 6 heteroatoms. The van der Waals surface area contributed by atoms with Crippen molar-refractivity contribution in [2.45, 2.75) is 40.0 Å². The fourth-order valence-corrected chi connectivity index (χ4v) is 4.33. The van der Waals surface area contributed by atoms with E-state index in [9.17, 15) is 9.59 Å². The van der Waals surface area contributed by atoms with E-state index in [0.717, 1.165) is 11.1 Å². The first kappa shape index (κ1) is 22.7. The molecule has 0 amide bonds. The molecule has 4 aromatic rings. The Morgan fingerprint density at radius 2 is 1.51 bits per heavy atom. The molecule has 1 aliphatic rings. The Hall–Kier alpha value is -4.06. The highest BCUT2D eigenvalue weighted by Gasteiger charge is 2.21. The smallest absolute Gasteiger partial charge is 0.343 e. The van der Waals surface area contributed by atoms with Crippen LogP contribution >= 0.6 is 0 Å². The molecule has 5 rings (SSSR count). The van der Waals surface area contributed by atoms with Crippen LogP contribution in [0.1, 0.15) is 48.2 Å². The maximum atomic E-state index is 13.2. The molecule has 1 aliphatic heterocycles. The number of benzene rings is 2. The molecule has 0 unspecified atom stereocenters. The predicted molar refractivity (Wildman–Crippen MR) is 134 cm³/mol. The van der Waals surface area contributed by atoms with Gasteiger partial charge >= 0.3 is 5.97 Å². The summed E-state index contributed by atoms with van der Waals surface area (Å²) in [6.07, 6.45) is 0. The second kappa shape index (κ2) is 8.31. The highest BCUT2D eigenvalue weighted by atomic mass is 16.7. The van der Waals surface area contributed by atoms with Crippen LogP contribution in [-0.2, 0) is 5.41 Å². The zero-order valence-corrected chi connectivity index (χ0v) is 20.4. The first-order valence-electron chi connectivity index (χ1n) is 11.4. The molecule has 0 N–H and O–H groups in total. The summed E-state index contributed by atoms with van der Waals surface area (Å²) in [6.45, 7) is 9.98. The lowest BCUT2D eigenvalue weighted by Crippen LogP contribution is -2.13. The molecule has 0 atom stereocenters. The van der Waals surface area contributed by atoms with Gasteiger partial charge < -0.3 is 18.6 Å². The minimum Gasteiger partial charge on any atom is -0.465 e. The average Bonchev–Trinajstić information content (AvgIpc) is 3.35. The van der Waals surface area contributed by atoms with Crippen molar-refractivity contribution in [3.8, 4) is 28.4 Å². The first-order chi connectivity index (χ1) is 16.6. The molecular weight excluding hydrogens is 444 g/mol. The van der Waals surface area contributed by atoms with Crippen LogP contribution in [0.5, 0.6) is 17.2 Å². The highest BCUT2D eigenvalue weighted by Crippen LogP contribution is 2.38. The topological polar surface area (TPSA) is 75.0 Å². The van der Waals surface area contributed by atoms with Gasteiger partial charge in [-0.2, -0.15) is 0 Å². The molecule has 0 fully saturated rings. The molecule has 3 aromatic carbocycles. The SMILES string of the molecule is Cc1oc(C)c2c(=O)cc(-c3ccc4c(c3)OCO4)cc(OC(=O)c3ccc(C(C)(C)C)cc3)c12. The summed E-state index contributed by atoms with van der Waals surface area (Å²) < 4.78 is 22.6. The van der Waals surface area contributed by atoms with E-state index < -0.39 is 5.97 Å². The average molecular weight is 471 g/mol. The van der Waals surface area contributed by atoms with Gasteiger partial charge in [0, 0.05) is 0 Å². The lowest BCUT2D eigenvalue weighted by Gasteiger charge is -2.18. The molecule has 0 saturated heterocycles. The Bertz CT molecular complexity index is 1520. The molecule has 0 aliphatic carbocycles. The number of rotatable bonds is 3. The summed E-state index contributed by atoms with van der Waals surface area (Å²) in [4.78, 5) is 26.4. The van der Waals surface area contributed by atoms with Crippen molar-refractivity contribution in [3.63, 3.8) is 0 Å². The Labute approximate surface area is 203 Å². The Morgan fingerprint density at radius 1 is 0.829 bits per heavy atom. The Balaban J connectivity index is 1.63. The van der Waals surface area contributed by atoms with Crippen molar-refractivity contribution in [2.75, 3.05) is 6.79 Å². The van der Waals surface area contributed by atoms with E-state index in [0.29, 0.717) is 44.9 Å². The zero-order valence-electron chi connectivity index (χ0n) is 20.4. The molecule has 178 valence electrons. The lowest BCUT2D eigenvalue weighted by molar-refractivity contribution is 0.0737. The quantitative estimate of drug-likeness (QED) is 0.326. The summed E-state index contributed by atoms with van der Waals surface area (Å²) in [5.74, 6) is 1.97. The second-order valence-corrected chi connectivity index (χ2v) is 9.72. The van der Waals surface area contributed by atoms with Gasteiger partial charge in [-0.1, -0.05) is 39.0 Å². The van der Waals surface area contributed by atoms with Gasteiger partial charge in [-0.3, -0.25) is 4.79 Å². The van der Waals surface area contributed by atoms with E-state index in [1.54, 1.807) is 38.1 Å². The summed E-state index contributed by atoms with van der Waals surface area (Å²) in [5.41, 5.74) is 2.61. The molecule has 0 spiro atoms. The van der Waals surface area contributed by atoms with Crippen LogP contribution in [0.25, 0.3) is 21.9 Å². The monoisotopic (exact) mass is 470 g/mol. The molecular formula is C29H26O6. The molecule has 2 heterocycles. The number of furan rings is 1. The third kappa shape index (κ3) is 4.16. The minimum absolute atomic E-state index is 0.0305. The summed E-state index contributed by atoms with van der Waals surface area (Å²) in [7, 11) is 0. The van der Waals surface area contributed by atoms with Crippen molar-refractivity contribution in [2.24, 2.45) is 0 Å². The molecule has 0 saturated carbocycles. The number of carbonyl (C=O) groups is 1. The lowest BCUT2D eigenvalue weighted by atomic mass is 9.87. The maximum absolute atomic E-state index is 13.2. The molecule has 35 heavy (non-hydrogen) atoms. The molecule has 0 bridgehead atoms. The standard InChI is InChI=1S/C29H26O6/c1-16-26-22(30)12-20(19-8-11-23-24(13-19)33-15-32-23)14-25(27(26)17(2)34-16)35-28(31)18-6-9-21(10-7-18)29(3,4)5/h6-14H,15H2,1-5H3. The van der Waals surface area contributed by atoms with Gasteiger partial charge in [0.05, 0.1) is 16.3 Å². The van der Waals surface area contributed by atoms with Crippen LogP contribution < -0.4 is 19.6 Å². The fourth-order valence-electron chi connectivity index (χ4n) is 4.33. The number of carbonyl (C=O) groups excluding carboxylic acids is 1. The van der Waals surface area contributed by atoms with Crippen molar-refractivity contribution < 1.29 is 23.4 Å². The zero-order chi connectivity index (χ0) is 24.9. The number of hydrogen-bond donors (Lipinski definition) is 0. The number of esters is 1. The molecule has 0 radical (unpaired) electrons. The fraction of sp³-hybridized carbons (Fsp3) is 0.241. The van der Waals surface area contributed by atoms with Crippen molar-refractivity contribution in [1.29, 1.82) is 0 Å². The largest absolute Gasteiger partial charge is 0.465 e. The van der Waals surface area contributed by atoms with Gasteiger partial charge in [0.1, 0.15) is 17.3 Å². The summed E-state index contributed by atoms with van der Waals surface area (Å²) >= 11 is 0. The predicted octanol–water partition coefficient (Wildman–Crippen LogP) is 6.32. The van der Waals surface area contributed by atoms with Crippen LogP contribution in [0.3, 0.4) is 0 Å². The van der Waals surface area contributed by atoms with E-state index in [-0.39, 0.29) is 23.4 Å². The third-order valence-electron chi connectivity index (χ3n) is 6.22. The van der Waals surface area contributed by atoms with Gasteiger partial charge in [0.25, 0.3) is 0 Å². The van der Waals surface area contributed by atoms with Crippen LogP contribution in [-0.4, -0.2) is 12.8 Å². The third-order valence-corrected chi connectivity index (χ3v) is 6.22. The molecule has 6 nitrogen and oxygen atoms in total. The number of fused-ring (bicyclic) bond motifs is 2. The van der Waals surface area contributed by atoms with E-state index in [1.165, 1.54) is 6.07 Å². The van der Waals surface area contributed by atoms with Crippen LogP contribution in [0.2, 0.25) is 0 Å². The van der Waals surface area contributed by atoms with Gasteiger partial charge in [-0.25, -0.2) is 4.79 Å². The van der Waals surface area contributed by atoms with E-state index in [2.05, 4.69) is 20.8 Å². The minimum atomic E-state index is -0.514. The number of hydrogen-bond acceptors (Lipinski definition) is 6. The van der Waals surface area contributed by atoms with Gasteiger partial charge in [0.2, 0.25) is 6.79 Å². The first-order valence-corrected chi connectivity index (χ1v) is 11.4. The highest BCUT2D eigenvalue weighted by molar-refractivity contribution is 5.97. The normalized spacial score (nSPS) is 12.7. The van der Waals surface area contributed by atoms with Crippen molar-refractivity contribution >= 4 is 16.7 Å². The Kier molecular flexibility index (Phi) is 5.39. The van der Waals surface area contributed by atoms with Crippen molar-refractivity contribution in [3.05, 3.63) is 87.5 Å². The van der Waals surface area contributed by atoms with Crippen molar-refractivity contribution in [1.82, 2.24) is 0 Å². The van der Waals surface area contributed by atoms with Crippen LogP contribution in [0.15, 0.2) is 63.8 Å². The second-order valence-electron chi connectivity index (χ2n) is 9.72. The molecule has 1 aromatic heterocycles. The van der Waals surface area contributed by atoms with Gasteiger partial charge in [0.15, 0.2) is 16.9 Å². The summed E-state index contributed by atoms with van der Waals surface area (Å²) in [5, 5.41) is 0.875. The van der Waals surface area contributed by atoms with E-state index >= 15 is 0 Å². The van der Waals surface area contributed by atoms with Crippen LogP contribution in [0.4, 0.5) is 0 Å². The van der Waals surface area contributed by atoms with E-state index in [1.807, 2.05) is 24.3 Å². The van der Waals surface area contributed by atoms with Gasteiger partial charge in [-0.05, 0) is 72.4 Å². The van der Waals surface area contributed by atoms with Gasteiger partial charge in [-0.15, -0.1) is 0 Å². The van der Waals surface area contributed by atoms with Crippen LogP contribution in [0, 0.1) is 13.8 Å². The summed E-state index contributed by atoms with van der Waals surface area (Å²) in [6, 6.07) is 16.0. The number of aryl methyl sites for hydroxylation is 2. The van der Waals surface area contributed by atoms with E-state index in [4.69, 9.17) is 18.6 Å². The Morgan fingerprint density at radius 3 is 2.23 bits per heavy atom. The number of ether oxygens (including phenoxy) is 3.